The first-order valence-corrected chi connectivity index (χ1v) is 8.59. The van der Waals surface area contributed by atoms with Gasteiger partial charge in [-0.3, -0.25) is 0 Å². The maximum absolute atomic E-state index is 6.15. The second-order valence-electron chi connectivity index (χ2n) is 5.39. The van der Waals surface area contributed by atoms with Crippen LogP contribution in [0.5, 0.6) is 5.75 Å². The number of aryl methyl sites for hydroxylation is 1. The molecule has 3 rings (SSSR count). The Morgan fingerprint density at radius 3 is 3.00 bits per heavy atom. The van der Waals surface area contributed by atoms with Crippen molar-refractivity contribution in [3.05, 3.63) is 50.7 Å². The average Bonchev–Trinajstić information content (AvgIpc) is 3.04. The third-order valence-corrected chi connectivity index (χ3v) is 5.51. The highest BCUT2D eigenvalue weighted by molar-refractivity contribution is 7.16. The Labute approximate surface area is 135 Å². The van der Waals surface area contributed by atoms with Crippen LogP contribution in [0, 0.1) is 0 Å². The van der Waals surface area contributed by atoms with Gasteiger partial charge in [-0.25, -0.2) is 0 Å². The molecule has 1 aliphatic rings. The van der Waals surface area contributed by atoms with Crippen molar-refractivity contribution in [1.82, 2.24) is 5.32 Å². The average molecular weight is 322 g/mol. The number of halogens is 1. The van der Waals surface area contributed by atoms with Crippen molar-refractivity contribution in [3.8, 4) is 5.75 Å². The predicted octanol–water partition coefficient (Wildman–Crippen LogP) is 5.14. The van der Waals surface area contributed by atoms with Crippen LogP contribution >= 0.6 is 22.9 Å². The van der Waals surface area contributed by atoms with E-state index in [2.05, 4.69) is 30.4 Å². The van der Waals surface area contributed by atoms with Gasteiger partial charge in [0.05, 0.1) is 11.4 Å². The number of rotatable bonds is 5. The van der Waals surface area contributed by atoms with Gasteiger partial charge in [-0.05, 0) is 37.0 Å². The summed E-state index contributed by atoms with van der Waals surface area (Å²) in [5.41, 5.74) is 2.62. The van der Waals surface area contributed by atoms with Gasteiger partial charge in [-0.2, -0.15) is 0 Å². The first-order valence-electron chi connectivity index (χ1n) is 7.40. The summed E-state index contributed by atoms with van der Waals surface area (Å²) >= 11 is 7.87. The van der Waals surface area contributed by atoms with E-state index in [1.54, 1.807) is 18.4 Å². The SMILES string of the molecule is CCC(NC1CCc2sc(Cl)cc21)c1ccccc1OC. The molecule has 21 heavy (non-hydrogen) atoms. The van der Waals surface area contributed by atoms with Crippen molar-refractivity contribution in [3.63, 3.8) is 0 Å². The Hall–Kier alpha value is -1.03. The number of hydrogen-bond acceptors (Lipinski definition) is 3. The fraction of sp³-hybridized carbons (Fsp3) is 0.412. The van der Waals surface area contributed by atoms with Crippen LogP contribution < -0.4 is 10.1 Å². The zero-order chi connectivity index (χ0) is 14.8. The number of ether oxygens (including phenoxy) is 1. The minimum absolute atomic E-state index is 0.302. The lowest BCUT2D eigenvalue weighted by Crippen LogP contribution is -2.25. The number of fused-ring (bicyclic) bond motifs is 1. The normalized spacial score (nSPS) is 18.5. The topological polar surface area (TPSA) is 21.3 Å². The molecule has 0 fully saturated rings. The van der Waals surface area contributed by atoms with E-state index in [0.29, 0.717) is 12.1 Å². The molecule has 2 atom stereocenters. The van der Waals surface area contributed by atoms with Gasteiger partial charge in [0.15, 0.2) is 0 Å². The Bertz CT molecular complexity index is 625. The number of methoxy groups -OCH3 is 1. The molecule has 4 heteroatoms. The molecule has 1 aromatic carbocycles. The summed E-state index contributed by atoms with van der Waals surface area (Å²) in [6.07, 6.45) is 3.32. The third-order valence-electron chi connectivity index (χ3n) is 4.17. The Morgan fingerprint density at radius 2 is 2.24 bits per heavy atom. The third kappa shape index (κ3) is 2.96. The van der Waals surface area contributed by atoms with Gasteiger partial charge in [0.25, 0.3) is 0 Å². The van der Waals surface area contributed by atoms with Crippen molar-refractivity contribution < 1.29 is 4.74 Å². The van der Waals surface area contributed by atoms with Gasteiger partial charge in [0.2, 0.25) is 0 Å². The summed E-state index contributed by atoms with van der Waals surface area (Å²) in [5, 5.41) is 3.79. The molecule has 0 bridgehead atoms. The number of hydrogen-bond donors (Lipinski definition) is 1. The van der Waals surface area contributed by atoms with Gasteiger partial charge in [-0.15, -0.1) is 11.3 Å². The maximum atomic E-state index is 6.15. The van der Waals surface area contributed by atoms with Gasteiger partial charge >= 0.3 is 0 Å². The first kappa shape index (κ1) is 14.9. The fourth-order valence-corrected chi connectivity index (χ4v) is 4.49. The molecule has 2 nitrogen and oxygen atoms in total. The lowest BCUT2D eigenvalue weighted by molar-refractivity contribution is 0.383. The Morgan fingerprint density at radius 1 is 1.43 bits per heavy atom. The molecule has 2 aromatic rings. The number of nitrogens with one attached hydrogen (secondary N) is 1. The molecule has 0 radical (unpaired) electrons. The number of para-hydroxylation sites is 1. The fourth-order valence-electron chi connectivity index (χ4n) is 3.13. The molecule has 0 amide bonds. The van der Waals surface area contributed by atoms with Crippen molar-refractivity contribution in [1.29, 1.82) is 0 Å². The summed E-state index contributed by atoms with van der Waals surface area (Å²) in [6.45, 7) is 2.21. The van der Waals surface area contributed by atoms with Crippen LogP contribution in [-0.4, -0.2) is 7.11 Å². The van der Waals surface area contributed by atoms with Crippen molar-refractivity contribution in [2.24, 2.45) is 0 Å². The van der Waals surface area contributed by atoms with E-state index >= 15 is 0 Å². The minimum Gasteiger partial charge on any atom is -0.496 e. The zero-order valence-corrected chi connectivity index (χ0v) is 13.9. The molecule has 0 aliphatic heterocycles. The molecule has 0 saturated heterocycles. The summed E-state index contributed by atoms with van der Waals surface area (Å²) in [4.78, 5) is 1.44. The van der Waals surface area contributed by atoms with Crippen LogP contribution in [0.2, 0.25) is 4.34 Å². The van der Waals surface area contributed by atoms with Gasteiger partial charge < -0.3 is 10.1 Å². The van der Waals surface area contributed by atoms with Crippen LogP contribution in [-0.2, 0) is 6.42 Å². The minimum atomic E-state index is 0.302. The van der Waals surface area contributed by atoms with E-state index in [1.165, 1.54) is 16.0 Å². The van der Waals surface area contributed by atoms with Crippen LogP contribution in [0.1, 0.15) is 47.9 Å². The largest absolute Gasteiger partial charge is 0.496 e. The van der Waals surface area contributed by atoms with Gasteiger partial charge in [0, 0.05) is 22.5 Å². The maximum Gasteiger partial charge on any atom is 0.123 e. The smallest absolute Gasteiger partial charge is 0.123 e. The first-order chi connectivity index (χ1) is 10.2. The second kappa shape index (κ2) is 6.39. The molecule has 1 aliphatic carbocycles. The van der Waals surface area contributed by atoms with Crippen LogP contribution in [0.15, 0.2) is 30.3 Å². The van der Waals surface area contributed by atoms with Crippen molar-refractivity contribution in [2.75, 3.05) is 7.11 Å². The van der Waals surface area contributed by atoms with Crippen LogP contribution in [0.3, 0.4) is 0 Å². The highest BCUT2D eigenvalue weighted by Crippen LogP contribution is 2.41. The van der Waals surface area contributed by atoms with Gasteiger partial charge in [-0.1, -0.05) is 36.7 Å². The van der Waals surface area contributed by atoms with E-state index in [9.17, 15) is 0 Å². The Balaban J connectivity index is 1.82. The molecule has 0 saturated carbocycles. The van der Waals surface area contributed by atoms with E-state index in [1.807, 2.05) is 12.1 Å². The molecule has 0 spiro atoms. The number of thiophene rings is 1. The highest BCUT2D eigenvalue weighted by Gasteiger charge is 2.27. The quantitative estimate of drug-likeness (QED) is 0.823. The number of benzene rings is 1. The zero-order valence-electron chi connectivity index (χ0n) is 12.4. The monoisotopic (exact) mass is 321 g/mol. The van der Waals surface area contributed by atoms with E-state index in [-0.39, 0.29) is 0 Å². The summed E-state index contributed by atoms with van der Waals surface area (Å²) in [5.74, 6) is 0.957. The standard InChI is InChI=1S/C17H20ClNOS/c1-3-13(11-6-4-5-7-15(11)20-2)19-14-8-9-16-12(14)10-17(18)21-16/h4-7,10,13-14,19H,3,8-9H2,1-2H3. The van der Waals surface area contributed by atoms with E-state index < -0.39 is 0 Å². The van der Waals surface area contributed by atoms with Crippen LogP contribution in [0.4, 0.5) is 0 Å². The van der Waals surface area contributed by atoms with Gasteiger partial charge in [0.1, 0.15) is 5.75 Å². The lowest BCUT2D eigenvalue weighted by Gasteiger charge is -2.24. The molecular formula is C17H20ClNOS. The molecule has 1 N–H and O–H groups in total. The molecule has 2 unspecified atom stereocenters. The molecule has 112 valence electrons. The summed E-state index contributed by atoms with van der Waals surface area (Å²) in [6, 6.07) is 11.1. The lowest BCUT2D eigenvalue weighted by atomic mass is 10.0. The second-order valence-corrected chi connectivity index (χ2v) is 7.16. The Kier molecular flexibility index (Phi) is 4.53. The molecule has 1 heterocycles. The van der Waals surface area contributed by atoms with E-state index in [0.717, 1.165) is 29.3 Å². The predicted molar refractivity (Wildman–Crippen MR) is 89.6 cm³/mol. The summed E-state index contributed by atoms with van der Waals surface area (Å²) in [7, 11) is 1.73. The summed E-state index contributed by atoms with van der Waals surface area (Å²) < 4.78 is 6.41. The van der Waals surface area contributed by atoms with Crippen molar-refractivity contribution >= 4 is 22.9 Å². The molecular weight excluding hydrogens is 302 g/mol. The van der Waals surface area contributed by atoms with Crippen molar-refractivity contribution in [2.45, 2.75) is 38.3 Å². The van der Waals surface area contributed by atoms with E-state index in [4.69, 9.17) is 16.3 Å². The van der Waals surface area contributed by atoms with Crippen LogP contribution in [0.25, 0.3) is 0 Å². The molecule has 1 aromatic heterocycles. The highest BCUT2D eigenvalue weighted by atomic mass is 35.5.